The number of nitrogens with one attached hydrogen (secondary N) is 1. The molecule has 7 heteroatoms. The van der Waals surface area contributed by atoms with Gasteiger partial charge in [0.25, 0.3) is 0 Å². The topological polar surface area (TPSA) is 63.2 Å². The van der Waals surface area contributed by atoms with Gasteiger partial charge in [-0.3, -0.25) is 0 Å². The fourth-order valence-electron chi connectivity index (χ4n) is 2.55. The number of benzene rings is 1. The normalized spacial score (nSPS) is 15.1. The summed E-state index contributed by atoms with van der Waals surface area (Å²) in [5, 5.41) is 4.16. The number of rotatable bonds is 3. The highest BCUT2D eigenvalue weighted by atomic mass is 32.1. The summed E-state index contributed by atoms with van der Waals surface area (Å²) in [5.41, 5.74) is 2.74. The van der Waals surface area contributed by atoms with Crippen molar-refractivity contribution < 1.29 is 4.74 Å². The molecule has 3 aromatic rings. The van der Waals surface area contributed by atoms with E-state index in [-0.39, 0.29) is 0 Å². The van der Waals surface area contributed by atoms with Crippen LogP contribution in [0.2, 0.25) is 0 Å². The Morgan fingerprint density at radius 3 is 2.65 bits per heavy atom. The van der Waals surface area contributed by atoms with Crippen molar-refractivity contribution in [3.8, 4) is 0 Å². The van der Waals surface area contributed by atoms with Crippen LogP contribution in [0, 0.1) is 6.92 Å². The summed E-state index contributed by atoms with van der Waals surface area (Å²) in [5.74, 6) is 0.745. The second kappa shape index (κ2) is 6.10. The molecule has 23 heavy (non-hydrogen) atoms. The molecule has 1 aliphatic heterocycles. The third-order valence-corrected chi connectivity index (χ3v) is 4.80. The molecule has 0 aliphatic carbocycles. The number of para-hydroxylation sites is 1. The van der Waals surface area contributed by atoms with Crippen molar-refractivity contribution in [1.29, 1.82) is 0 Å². The van der Waals surface area contributed by atoms with Crippen LogP contribution < -0.4 is 10.2 Å². The minimum atomic E-state index is 0.721. The summed E-state index contributed by atoms with van der Waals surface area (Å²) in [7, 11) is 0. The zero-order chi connectivity index (χ0) is 15.6. The number of aromatic nitrogens is 3. The molecule has 3 heterocycles. The van der Waals surface area contributed by atoms with E-state index < -0.39 is 0 Å². The van der Waals surface area contributed by atoms with Crippen molar-refractivity contribution >= 4 is 38.5 Å². The smallest absolute Gasteiger partial charge is 0.227 e. The summed E-state index contributed by atoms with van der Waals surface area (Å²) in [6.45, 7) is 5.10. The number of anilines is 3. The molecule has 1 aromatic carbocycles. The van der Waals surface area contributed by atoms with E-state index in [0.717, 1.165) is 59.1 Å². The maximum Gasteiger partial charge on any atom is 0.227 e. The molecule has 1 aliphatic rings. The number of hydrogen-bond acceptors (Lipinski definition) is 7. The van der Waals surface area contributed by atoms with Gasteiger partial charge in [-0.2, -0.15) is 9.97 Å². The van der Waals surface area contributed by atoms with Crippen molar-refractivity contribution in [2.75, 3.05) is 36.5 Å². The zero-order valence-electron chi connectivity index (χ0n) is 12.8. The van der Waals surface area contributed by atoms with Gasteiger partial charge in [0.1, 0.15) is 0 Å². The first-order valence-corrected chi connectivity index (χ1v) is 8.41. The Kier molecular flexibility index (Phi) is 3.80. The lowest BCUT2D eigenvalue weighted by Gasteiger charge is -2.26. The van der Waals surface area contributed by atoms with E-state index in [4.69, 9.17) is 4.74 Å². The van der Waals surface area contributed by atoms with E-state index in [1.54, 1.807) is 11.3 Å². The molecule has 0 bridgehead atoms. The van der Waals surface area contributed by atoms with Crippen LogP contribution >= 0.6 is 11.3 Å². The van der Waals surface area contributed by atoms with Crippen LogP contribution in [0.3, 0.4) is 0 Å². The third kappa shape index (κ3) is 2.97. The van der Waals surface area contributed by atoms with Gasteiger partial charge in [0.2, 0.25) is 5.95 Å². The Morgan fingerprint density at radius 2 is 1.87 bits per heavy atom. The quantitative estimate of drug-likeness (QED) is 0.798. The van der Waals surface area contributed by atoms with Crippen molar-refractivity contribution in [2.24, 2.45) is 0 Å². The highest BCUT2D eigenvalue weighted by Crippen LogP contribution is 2.30. The molecule has 0 radical (unpaired) electrons. The molecular formula is C16H17N5OS. The van der Waals surface area contributed by atoms with Crippen LogP contribution in [-0.2, 0) is 4.74 Å². The first-order chi connectivity index (χ1) is 11.3. The Labute approximate surface area is 138 Å². The van der Waals surface area contributed by atoms with E-state index in [1.807, 2.05) is 37.3 Å². The maximum absolute atomic E-state index is 5.39. The number of hydrogen-bond donors (Lipinski definition) is 1. The highest BCUT2D eigenvalue weighted by Gasteiger charge is 2.17. The summed E-state index contributed by atoms with van der Waals surface area (Å²) in [4.78, 5) is 16.1. The minimum absolute atomic E-state index is 0.721. The van der Waals surface area contributed by atoms with Crippen molar-refractivity contribution in [1.82, 2.24) is 15.0 Å². The predicted octanol–water partition coefficient (Wildman–Crippen LogP) is 2.97. The molecule has 118 valence electrons. The first-order valence-electron chi connectivity index (χ1n) is 7.59. The number of morpholine rings is 1. The summed E-state index contributed by atoms with van der Waals surface area (Å²) in [6.07, 6.45) is 0. The molecule has 0 saturated carbocycles. The van der Waals surface area contributed by atoms with Crippen LogP contribution in [0.1, 0.15) is 5.69 Å². The van der Waals surface area contributed by atoms with Gasteiger partial charge >= 0.3 is 0 Å². The molecule has 0 atom stereocenters. The third-order valence-electron chi connectivity index (χ3n) is 3.73. The molecule has 6 nitrogen and oxygen atoms in total. The van der Waals surface area contributed by atoms with Gasteiger partial charge in [0.05, 0.1) is 23.6 Å². The standard InChI is InChI=1S/C16H17N5OS/c1-11-13-14(19-15(17-11)21-7-9-22-10-8-21)20-16(23-13)18-12-5-3-2-4-6-12/h2-6H,7-10H2,1H3,(H,17,18,19,20). The number of ether oxygens (including phenoxy) is 1. The molecule has 4 rings (SSSR count). The van der Waals surface area contributed by atoms with Gasteiger partial charge in [-0.25, -0.2) is 4.98 Å². The van der Waals surface area contributed by atoms with Gasteiger partial charge in [0, 0.05) is 18.8 Å². The second-order valence-corrected chi connectivity index (χ2v) is 6.37. The Morgan fingerprint density at radius 1 is 1.09 bits per heavy atom. The van der Waals surface area contributed by atoms with Crippen molar-refractivity contribution in [3.05, 3.63) is 36.0 Å². The van der Waals surface area contributed by atoms with Crippen LogP contribution in [0.15, 0.2) is 30.3 Å². The van der Waals surface area contributed by atoms with Crippen LogP contribution in [0.5, 0.6) is 0 Å². The fraction of sp³-hybridized carbons (Fsp3) is 0.312. The molecule has 1 N–H and O–H groups in total. The van der Waals surface area contributed by atoms with Crippen LogP contribution in [0.25, 0.3) is 10.3 Å². The molecule has 1 fully saturated rings. The van der Waals surface area contributed by atoms with E-state index in [2.05, 4.69) is 25.2 Å². The van der Waals surface area contributed by atoms with Gasteiger partial charge in [-0.05, 0) is 19.1 Å². The molecule has 2 aromatic heterocycles. The second-order valence-electron chi connectivity index (χ2n) is 5.37. The molecule has 0 spiro atoms. The van der Waals surface area contributed by atoms with E-state index in [0.29, 0.717) is 0 Å². The summed E-state index contributed by atoms with van der Waals surface area (Å²) in [6, 6.07) is 10.0. The lowest BCUT2D eigenvalue weighted by molar-refractivity contribution is 0.122. The van der Waals surface area contributed by atoms with E-state index in [9.17, 15) is 0 Å². The molecule has 0 amide bonds. The Balaban J connectivity index is 1.66. The largest absolute Gasteiger partial charge is 0.378 e. The average Bonchev–Trinajstić information content (AvgIpc) is 2.99. The van der Waals surface area contributed by atoms with Crippen LogP contribution in [0.4, 0.5) is 16.8 Å². The highest BCUT2D eigenvalue weighted by molar-refractivity contribution is 7.22. The van der Waals surface area contributed by atoms with Gasteiger partial charge in [-0.15, -0.1) is 0 Å². The predicted molar refractivity (Wildman–Crippen MR) is 92.7 cm³/mol. The Hall–Kier alpha value is -2.25. The first kappa shape index (κ1) is 14.3. The van der Waals surface area contributed by atoms with Gasteiger partial charge in [0.15, 0.2) is 10.8 Å². The Bertz CT molecular complexity index is 814. The summed E-state index contributed by atoms with van der Waals surface area (Å²) >= 11 is 1.58. The minimum Gasteiger partial charge on any atom is -0.378 e. The number of thiazole rings is 1. The number of nitrogens with zero attached hydrogens (tertiary/aromatic N) is 4. The average molecular weight is 327 g/mol. The van der Waals surface area contributed by atoms with Crippen LogP contribution in [-0.4, -0.2) is 41.3 Å². The SMILES string of the molecule is Cc1nc(N2CCOCC2)nc2nc(Nc3ccccc3)sc12. The lowest BCUT2D eigenvalue weighted by Crippen LogP contribution is -2.37. The van der Waals surface area contributed by atoms with Gasteiger partial charge in [-0.1, -0.05) is 29.5 Å². The monoisotopic (exact) mass is 327 g/mol. The van der Waals surface area contributed by atoms with Gasteiger partial charge < -0.3 is 15.0 Å². The molecule has 1 saturated heterocycles. The van der Waals surface area contributed by atoms with E-state index >= 15 is 0 Å². The number of fused-ring (bicyclic) bond motifs is 1. The summed E-state index contributed by atoms with van der Waals surface area (Å²) < 4.78 is 6.42. The lowest BCUT2D eigenvalue weighted by atomic mass is 10.3. The molecule has 0 unspecified atom stereocenters. The van der Waals surface area contributed by atoms with Crippen molar-refractivity contribution in [3.63, 3.8) is 0 Å². The van der Waals surface area contributed by atoms with E-state index in [1.165, 1.54) is 0 Å². The maximum atomic E-state index is 5.39. The van der Waals surface area contributed by atoms with Crippen molar-refractivity contribution in [2.45, 2.75) is 6.92 Å². The fourth-order valence-corrected chi connectivity index (χ4v) is 3.42. The molecular weight excluding hydrogens is 310 g/mol. The number of aryl methyl sites for hydroxylation is 1. The zero-order valence-corrected chi connectivity index (χ0v) is 13.6.